The van der Waals surface area contributed by atoms with Crippen molar-refractivity contribution < 1.29 is 62.0 Å². The van der Waals surface area contributed by atoms with Gasteiger partial charge in [-0.3, -0.25) is 28.1 Å². The van der Waals surface area contributed by atoms with Crippen LogP contribution in [0.5, 0.6) is 0 Å². The molecule has 0 saturated heterocycles. The normalized spacial score (nSPS) is 14.6. The van der Waals surface area contributed by atoms with Gasteiger partial charge in [0.1, 0.15) is 0 Å². The second-order valence-electron chi connectivity index (χ2n) is 28.2. The maximum Gasteiger partial charge on any atom is 2.00 e. The maximum atomic E-state index is 14.4. The van der Waals surface area contributed by atoms with Gasteiger partial charge in [0.2, 0.25) is 7.37 Å². The van der Waals surface area contributed by atoms with E-state index < -0.39 is 26.2 Å². The summed E-state index contributed by atoms with van der Waals surface area (Å²) in [4.78, 5) is 50.9. The monoisotopic (exact) mass is 1410 g/mol. The Bertz CT molecular complexity index is 5140. The summed E-state index contributed by atoms with van der Waals surface area (Å²) >= 11 is 0. The molecule has 0 saturated carbocycles. The summed E-state index contributed by atoms with van der Waals surface area (Å²) in [5.41, 5.74) is 21.9. The van der Waals surface area contributed by atoms with Crippen molar-refractivity contribution in [3.8, 4) is 44.5 Å². The van der Waals surface area contributed by atoms with Crippen molar-refractivity contribution in [2.75, 3.05) is 6.66 Å². The first-order valence-corrected chi connectivity index (χ1v) is 35.4. The quantitative estimate of drug-likeness (QED) is 0.112. The van der Waals surface area contributed by atoms with Gasteiger partial charge in [-0.05, 0) is 148 Å². The van der Waals surface area contributed by atoms with E-state index in [1.807, 2.05) is 127 Å². The molecule has 17 heteroatoms. The summed E-state index contributed by atoms with van der Waals surface area (Å²) < 4.78 is 38.9. The molecule has 0 radical (unpaired) electrons. The molecule has 4 aromatic carbocycles. The van der Waals surface area contributed by atoms with Gasteiger partial charge in [0.15, 0.2) is 0 Å². The molecular formula is C79H76N8O5P2Zn2. The molecule has 0 aliphatic carbocycles. The van der Waals surface area contributed by atoms with E-state index in [9.17, 15) is 14.0 Å². The summed E-state index contributed by atoms with van der Waals surface area (Å²) in [5.74, 6) is 0. The van der Waals surface area contributed by atoms with Crippen LogP contribution in [0.2, 0.25) is 0 Å². The van der Waals surface area contributed by atoms with Crippen molar-refractivity contribution in [3.63, 3.8) is 0 Å². The Morgan fingerprint density at radius 1 is 0.406 bits per heavy atom. The largest absolute Gasteiger partial charge is 2.00 e. The molecule has 4 aliphatic rings. The first-order valence-electron chi connectivity index (χ1n) is 31.8. The summed E-state index contributed by atoms with van der Waals surface area (Å²) in [5, 5.41) is 0.897. The summed E-state index contributed by atoms with van der Waals surface area (Å²) in [6, 6.07) is 56.3. The first kappa shape index (κ1) is 69.5. The molecule has 10 heterocycles. The third-order valence-corrected chi connectivity index (χ3v) is 20.7. The second-order valence-corrected chi connectivity index (χ2v) is 32.4. The Balaban J connectivity index is 0.000000194. The van der Waals surface area contributed by atoms with Crippen molar-refractivity contribution in [2.24, 2.45) is 0 Å². The summed E-state index contributed by atoms with van der Waals surface area (Å²) in [7, 11) is -7.07. The molecule has 0 spiro atoms. The summed E-state index contributed by atoms with van der Waals surface area (Å²) in [6.45, 7) is 25.7. The van der Waals surface area contributed by atoms with Gasteiger partial charge in [0.25, 0.3) is 0 Å². The molecule has 1 unspecified atom stereocenters. The zero-order valence-corrected chi connectivity index (χ0v) is 64.6. The van der Waals surface area contributed by atoms with Crippen molar-refractivity contribution in [3.05, 3.63) is 227 Å². The standard InChI is InChI=1S/C43H45N4O3P.C36H31N4O2P.2Zn/c1-27-10-12-28(13-11-27)39-35-21-17-31(45-35)25-38-43(8,9)26-32(46-38)24-30-16-20-34(44-30)40(37-23-22-36(39)47-37)29-14-18-33(19-15-29)51(48,49-41(2,3)4)50-42(5,6)7;1-22-5-7-23(8-6-22)34-30-16-12-26(38-30)20-33-36(2,3)21-27(39-33)19-25-11-15-29(37-25)35(32-18-17-31(34)40-32)24-9-13-28(14-10-24)43(4,41)42;;/h10-25H,26H2,1-9H3;5-20H,21H2,1-4H3,(H,41,42);;/q2*-2;2*+2. The van der Waals surface area contributed by atoms with Crippen LogP contribution in [0.25, 0.3) is 113 Å². The minimum absolute atomic E-state index is 0. The van der Waals surface area contributed by atoms with Gasteiger partial charge in [-0.15, -0.1) is 44.1 Å². The van der Waals surface area contributed by atoms with Crippen molar-refractivity contribution in [2.45, 2.75) is 118 Å². The van der Waals surface area contributed by atoms with E-state index in [2.05, 4.69) is 139 Å². The minimum atomic E-state index is -3.68. The van der Waals surface area contributed by atoms with Crippen LogP contribution in [0.15, 0.2) is 170 Å². The zero-order valence-electron chi connectivity index (χ0n) is 56.9. The SMILES string of the molecule is Cc1ccc(-c2c3nc(c(-c4ccc(P(=O)(OC(C)(C)C)OC(C)(C)C)cc4)c4ccc(cc5nc(cc6ccc2[n-]6)C(C)(C)C5)[n-]4)C=C3)cc1.Cc1ccc(-c2c3nc(c(-c4ccc(P(C)(=O)O)cc4)c4ccc(cc5nc(cc6ccc2[n-]6)C(C)(C)C5)[n-]4)C=C3)cc1.[Zn+2].[Zn+2]. The molecule has 14 rings (SSSR count). The molecule has 10 aromatic rings. The number of aromatic nitrogens is 8. The average molecular weight is 1410 g/mol. The molecule has 0 fully saturated rings. The van der Waals surface area contributed by atoms with E-state index in [1.54, 1.807) is 12.1 Å². The Hall–Kier alpha value is -7.81. The Morgan fingerprint density at radius 3 is 0.979 bits per heavy atom. The van der Waals surface area contributed by atoms with E-state index in [1.165, 1.54) is 17.8 Å². The van der Waals surface area contributed by atoms with E-state index >= 15 is 0 Å². The van der Waals surface area contributed by atoms with Crippen molar-refractivity contribution in [1.82, 2.24) is 39.9 Å². The predicted molar refractivity (Wildman–Crippen MR) is 385 cm³/mol. The smallest absolute Gasteiger partial charge is 0.657 e. The number of hydrogen-bond donors (Lipinski definition) is 1. The van der Waals surface area contributed by atoms with Crippen molar-refractivity contribution in [1.29, 1.82) is 0 Å². The first-order chi connectivity index (χ1) is 44.5. The Morgan fingerprint density at radius 2 is 0.688 bits per heavy atom. The van der Waals surface area contributed by atoms with Crippen LogP contribution in [-0.2, 0) is 80.8 Å². The van der Waals surface area contributed by atoms with Crippen LogP contribution in [0, 0.1) is 13.8 Å². The van der Waals surface area contributed by atoms with E-state index in [4.69, 9.17) is 48.9 Å². The van der Waals surface area contributed by atoms with Gasteiger partial charge < -0.3 is 24.8 Å². The zero-order chi connectivity index (χ0) is 66.3. The molecule has 0 amide bonds. The van der Waals surface area contributed by atoms with Crippen LogP contribution in [0.4, 0.5) is 0 Å². The second kappa shape index (κ2) is 26.5. The molecule has 13 nitrogen and oxygen atoms in total. The van der Waals surface area contributed by atoms with Gasteiger partial charge >= 0.3 is 46.6 Å². The van der Waals surface area contributed by atoms with Gasteiger partial charge in [-0.1, -0.05) is 184 Å². The summed E-state index contributed by atoms with van der Waals surface area (Å²) in [6.07, 6.45) is 9.75. The third kappa shape index (κ3) is 15.0. The van der Waals surface area contributed by atoms with E-state index in [-0.39, 0.29) is 49.8 Å². The van der Waals surface area contributed by atoms with E-state index in [0.29, 0.717) is 10.6 Å². The number of rotatable bonds is 8. The molecule has 1 atom stereocenters. The minimum Gasteiger partial charge on any atom is -0.657 e. The number of benzene rings is 4. The number of hydrogen-bond acceptors (Lipinski definition) is 8. The van der Waals surface area contributed by atoms with Gasteiger partial charge in [0, 0.05) is 58.4 Å². The topological polar surface area (TPSA) is 181 Å². The van der Waals surface area contributed by atoms with Gasteiger partial charge in [0.05, 0.1) is 39.3 Å². The van der Waals surface area contributed by atoms with E-state index in [0.717, 1.165) is 147 Å². The predicted octanol–water partition coefficient (Wildman–Crippen LogP) is 17.8. The van der Waals surface area contributed by atoms with Gasteiger partial charge in [-0.25, -0.2) is 9.97 Å². The molecule has 16 bridgehead atoms. The maximum absolute atomic E-state index is 14.4. The Kier molecular flexibility index (Phi) is 19.2. The van der Waals surface area contributed by atoms with Crippen LogP contribution < -0.4 is 30.5 Å². The molecule has 96 heavy (non-hydrogen) atoms. The van der Waals surface area contributed by atoms with Gasteiger partial charge in [-0.2, -0.15) is 0 Å². The molecule has 6 aromatic heterocycles. The molecular weight excluding hydrogens is 1330 g/mol. The fourth-order valence-electron chi connectivity index (χ4n) is 12.4. The third-order valence-electron chi connectivity index (χ3n) is 16.9. The van der Waals surface area contributed by atoms with Crippen molar-refractivity contribution >= 4 is 94.0 Å². The Labute approximate surface area is 587 Å². The number of nitrogens with zero attached hydrogens (tertiary/aromatic N) is 8. The number of fused-ring (bicyclic) bond motifs is 16. The number of aryl methyl sites for hydroxylation is 2. The molecule has 1 N–H and O–H groups in total. The fraction of sp³-hybridized carbons (Fsp3) is 0.241. The molecule has 476 valence electrons. The average Bonchev–Trinajstić information content (AvgIpc) is 1.61. The van der Waals surface area contributed by atoms with Crippen LogP contribution in [0.1, 0.15) is 126 Å². The molecule has 4 aliphatic heterocycles. The van der Waals surface area contributed by atoms with Crippen LogP contribution >= 0.6 is 15.0 Å². The fourth-order valence-corrected chi connectivity index (χ4v) is 15.3. The van der Waals surface area contributed by atoms with Crippen LogP contribution in [0.3, 0.4) is 0 Å². The van der Waals surface area contributed by atoms with Crippen LogP contribution in [-0.4, -0.2) is 42.7 Å².